The molecule has 15 heavy (non-hydrogen) atoms. The fourth-order valence-electron chi connectivity index (χ4n) is 3.05. The molecule has 1 aliphatic carbocycles. The number of hydrogen-bond acceptors (Lipinski definition) is 1. The summed E-state index contributed by atoms with van der Waals surface area (Å²) >= 11 is 6.21. The third kappa shape index (κ3) is 3.35. The second-order valence-corrected chi connectivity index (χ2v) is 6.52. The maximum Gasteiger partial charge on any atom is 0.0631 e. The lowest BCUT2D eigenvalue weighted by Crippen LogP contribution is -2.24. The Hall–Kier alpha value is 0.250. The summed E-state index contributed by atoms with van der Waals surface area (Å²) in [5.74, 6) is 0.820. The molecule has 88 valence electrons. The minimum absolute atomic E-state index is 0.125. The topological polar surface area (TPSA) is 9.23 Å². The molecule has 1 saturated carbocycles. The van der Waals surface area contributed by atoms with E-state index in [2.05, 4.69) is 13.8 Å². The fourth-order valence-corrected chi connectivity index (χ4v) is 3.46. The van der Waals surface area contributed by atoms with Gasteiger partial charge in [0.2, 0.25) is 0 Å². The van der Waals surface area contributed by atoms with Gasteiger partial charge in [0.15, 0.2) is 0 Å². The number of halogens is 1. The van der Waals surface area contributed by atoms with Gasteiger partial charge in [0.1, 0.15) is 0 Å². The largest absolute Gasteiger partial charge is 0.372 e. The van der Waals surface area contributed by atoms with E-state index in [4.69, 9.17) is 16.3 Å². The normalized spacial score (nSPS) is 40.6. The van der Waals surface area contributed by atoms with E-state index in [1.807, 2.05) is 0 Å². The van der Waals surface area contributed by atoms with Crippen molar-refractivity contribution in [2.24, 2.45) is 5.92 Å². The highest BCUT2D eigenvalue weighted by molar-refractivity contribution is 6.20. The smallest absolute Gasteiger partial charge is 0.0631 e. The van der Waals surface area contributed by atoms with E-state index in [9.17, 15) is 0 Å². The number of hydrogen-bond donors (Lipinski definition) is 0. The summed E-state index contributed by atoms with van der Waals surface area (Å²) in [4.78, 5) is 0. The van der Waals surface area contributed by atoms with Crippen LogP contribution in [0.4, 0.5) is 0 Å². The Balaban J connectivity index is 1.77. The Morgan fingerprint density at radius 2 is 2.07 bits per heavy atom. The Morgan fingerprint density at radius 3 is 2.67 bits per heavy atom. The zero-order valence-corrected chi connectivity index (χ0v) is 10.7. The zero-order valence-electron chi connectivity index (χ0n) is 9.97. The van der Waals surface area contributed by atoms with Gasteiger partial charge in [0.25, 0.3) is 0 Å². The first-order chi connectivity index (χ1) is 7.05. The van der Waals surface area contributed by atoms with Crippen LogP contribution in [0.2, 0.25) is 0 Å². The first kappa shape index (κ1) is 11.7. The van der Waals surface area contributed by atoms with Crippen LogP contribution in [-0.2, 0) is 4.74 Å². The SMILES string of the molecule is CC1(C)CCC(CC2CCCC(Cl)C2)O1. The highest BCUT2D eigenvalue weighted by Crippen LogP contribution is 2.37. The van der Waals surface area contributed by atoms with Crippen molar-refractivity contribution in [3.05, 3.63) is 0 Å². The standard InChI is InChI=1S/C13H23ClO/c1-13(2)7-6-12(15-13)9-10-4-3-5-11(14)8-10/h10-12H,3-9H2,1-2H3. The Kier molecular flexibility index (Phi) is 3.62. The van der Waals surface area contributed by atoms with Gasteiger partial charge in [-0.2, -0.15) is 0 Å². The highest BCUT2D eigenvalue weighted by atomic mass is 35.5. The molecule has 1 aliphatic heterocycles. The van der Waals surface area contributed by atoms with E-state index in [1.54, 1.807) is 0 Å². The van der Waals surface area contributed by atoms with Crippen LogP contribution < -0.4 is 0 Å². The van der Waals surface area contributed by atoms with Crippen LogP contribution in [0.3, 0.4) is 0 Å². The monoisotopic (exact) mass is 230 g/mol. The predicted octanol–water partition coefficient (Wildman–Crippen LogP) is 4.13. The third-order valence-electron chi connectivity index (χ3n) is 3.87. The van der Waals surface area contributed by atoms with Crippen LogP contribution in [0.5, 0.6) is 0 Å². The van der Waals surface area contributed by atoms with Crippen molar-refractivity contribution in [1.29, 1.82) is 0 Å². The molecule has 3 atom stereocenters. The van der Waals surface area contributed by atoms with Crippen LogP contribution in [0.15, 0.2) is 0 Å². The Morgan fingerprint density at radius 1 is 1.27 bits per heavy atom. The van der Waals surface area contributed by atoms with Gasteiger partial charge >= 0.3 is 0 Å². The van der Waals surface area contributed by atoms with Gasteiger partial charge in [-0.3, -0.25) is 0 Å². The Labute approximate surface area is 98.5 Å². The van der Waals surface area contributed by atoms with Gasteiger partial charge < -0.3 is 4.74 Å². The van der Waals surface area contributed by atoms with Crippen molar-refractivity contribution in [3.63, 3.8) is 0 Å². The quantitative estimate of drug-likeness (QED) is 0.649. The molecule has 0 spiro atoms. The van der Waals surface area contributed by atoms with Crippen molar-refractivity contribution in [2.45, 2.75) is 75.9 Å². The third-order valence-corrected chi connectivity index (χ3v) is 4.27. The lowest BCUT2D eigenvalue weighted by molar-refractivity contribution is -0.0263. The van der Waals surface area contributed by atoms with E-state index >= 15 is 0 Å². The lowest BCUT2D eigenvalue weighted by Gasteiger charge is -2.28. The van der Waals surface area contributed by atoms with Crippen LogP contribution in [0.25, 0.3) is 0 Å². The van der Waals surface area contributed by atoms with E-state index in [-0.39, 0.29) is 5.60 Å². The molecule has 2 aliphatic rings. The van der Waals surface area contributed by atoms with Gasteiger partial charge in [-0.15, -0.1) is 11.6 Å². The summed E-state index contributed by atoms with van der Waals surface area (Å²) in [5.41, 5.74) is 0.125. The number of ether oxygens (including phenoxy) is 1. The van der Waals surface area contributed by atoms with Crippen molar-refractivity contribution < 1.29 is 4.74 Å². The predicted molar refractivity (Wildman–Crippen MR) is 64.4 cm³/mol. The summed E-state index contributed by atoms with van der Waals surface area (Å²) in [7, 11) is 0. The fraction of sp³-hybridized carbons (Fsp3) is 1.00. The molecule has 2 heteroatoms. The molecule has 0 amide bonds. The van der Waals surface area contributed by atoms with Gasteiger partial charge in [0.05, 0.1) is 11.7 Å². The van der Waals surface area contributed by atoms with Crippen LogP contribution >= 0.6 is 11.6 Å². The second-order valence-electron chi connectivity index (χ2n) is 5.90. The van der Waals surface area contributed by atoms with Crippen molar-refractivity contribution in [1.82, 2.24) is 0 Å². The van der Waals surface area contributed by atoms with Crippen LogP contribution in [0.1, 0.15) is 58.8 Å². The van der Waals surface area contributed by atoms with Gasteiger partial charge in [-0.25, -0.2) is 0 Å². The molecule has 0 aromatic rings. The molecular weight excluding hydrogens is 208 g/mol. The summed E-state index contributed by atoms with van der Waals surface area (Å²) in [6.45, 7) is 4.41. The molecule has 3 unspecified atom stereocenters. The summed E-state index contributed by atoms with van der Waals surface area (Å²) in [6, 6.07) is 0. The molecule has 1 heterocycles. The van der Waals surface area contributed by atoms with Crippen molar-refractivity contribution >= 4 is 11.6 Å². The lowest BCUT2D eigenvalue weighted by atomic mass is 9.84. The van der Waals surface area contributed by atoms with E-state index in [1.165, 1.54) is 44.9 Å². The second kappa shape index (κ2) is 4.63. The van der Waals surface area contributed by atoms with Crippen molar-refractivity contribution in [3.8, 4) is 0 Å². The molecule has 0 aromatic heterocycles. The van der Waals surface area contributed by atoms with E-state index in [0.29, 0.717) is 11.5 Å². The minimum atomic E-state index is 0.125. The summed E-state index contributed by atoms with van der Waals surface area (Å²) in [5, 5.41) is 0.429. The van der Waals surface area contributed by atoms with Gasteiger partial charge in [-0.1, -0.05) is 12.8 Å². The first-order valence-electron chi connectivity index (χ1n) is 6.37. The molecule has 2 fully saturated rings. The first-order valence-corrected chi connectivity index (χ1v) is 6.81. The maximum absolute atomic E-state index is 6.21. The summed E-state index contributed by atoms with van der Waals surface area (Å²) < 4.78 is 6.04. The molecule has 0 bridgehead atoms. The molecular formula is C13H23ClO. The molecule has 2 rings (SSSR count). The van der Waals surface area contributed by atoms with E-state index < -0.39 is 0 Å². The Bertz CT molecular complexity index is 215. The van der Waals surface area contributed by atoms with E-state index in [0.717, 1.165) is 5.92 Å². The molecule has 0 radical (unpaired) electrons. The zero-order chi connectivity index (χ0) is 10.9. The van der Waals surface area contributed by atoms with Crippen LogP contribution in [-0.4, -0.2) is 17.1 Å². The highest BCUT2D eigenvalue weighted by Gasteiger charge is 2.33. The maximum atomic E-state index is 6.21. The average Bonchev–Trinajstić information content (AvgIpc) is 2.45. The number of rotatable bonds is 2. The van der Waals surface area contributed by atoms with Crippen molar-refractivity contribution in [2.75, 3.05) is 0 Å². The molecule has 1 saturated heterocycles. The summed E-state index contributed by atoms with van der Waals surface area (Å²) in [6.07, 6.45) is 9.32. The van der Waals surface area contributed by atoms with Gasteiger partial charge in [-0.05, 0) is 51.9 Å². The molecule has 0 N–H and O–H groups in total. The average molecular weight is 231 g/mol. The van der Waals surface area contributed by atoms with Gasteiger partial charge in [0, 0.05) is 5.38 Å². The minimum Gasteiger partial charge on any atom is -0.372 e. The molecule has 0 aromatic carbocycles. The number of alkyl halides is 1. The molecule has 1 nitrogen and oxygen atoms in total. The van der Waals surface area contributed by atoms with Crippen LogP contribution in [0, 0.1) is 5.92 Å².